The molecule has 2 aromatic carbocycles. The summed E-state index contributed by atoms with van der Waals surface area (Å²) in [6, 6.07) is 10.9. The number of alkyl halides is 3. The van der Waals surface area contributed by atoms with E-state index in [1.807, 2.05) is 31.9 Å². The van der Waals surface area contributed by atoms with E-state index in [2.05, 4.69) is 42.4 Å². The fourth-order valence-electron chi connectivity index (χ4n) is 4.92. The molecular weight excluding hydrogens is 595 g/mol. The van der Waals surface area contributed by atoms with Crippen LogP contribution in [0, 0.1) is 37.0 Å². The van der Waals surface area contributed by atoms with Gasteiger partial charge in [-0.3, -0.25) is 14.4 Å². The fraction of sp³-hybridized carbons (Fsp3) is 0.303. The number of halogens is 3. The molecule has 46 heavy (non-hydrogen) atoms. The number of amides is 1. The number of hydrogen-bond acceptors (Lipinski definition) is 8. The average molecular weight is 628 g/mol. The standard InChI is InChI=1S/C33H32F3N9O/c1-22-4-6-26(16-25(22)7-5-24-18-38-32(39-19-24)42-30-20-40-45(11-10-37)23(30)2)31(46)41-28-9-8-27(29(17-28)33(34,35)36)21-44-14-12-43(3)13-15-44/h4,6,8-9,16-20H,11-15,21H2,1-3H3,(H,41,46)(H,38,39,42). The molecule has 1 fully saturated rings. The van der Waals surface area contributed by atoms with Crippen molar-refractivity contribution in [2.24, 2.45) is 0 Å². The zero-order chi connectivity index (χ0) is 32.8. The van der Waals surface area contributed by atoms with E-state index < -0.39 is 17.6 Å². The Balaban J connectivity index is 1.27. The lowest BCUT2D eigenvalue weighted by molar-refractivity contribution is -0.138. The number of hydrogen-bond donors (Lipinski definition) is 2. The molecular formula is C33H32F3N9O. The molecule has 13 heteroatoms. The number of aromatic nitrogens is 4. The fourth-order valence-corrected chi connectivity index (χ4v) is 4.92. The van der Waals surface area contributed by atoms with Gasteiger partial charge in [0, 0.05) is 61.9 Å². The van der Waals surface area contributed by atoms with Gasteiger partial charge in [-0.15, -0.1) is 0 Å². The third-order valence-corrected chi connectivity index (χ3v) is 7.73. The molecule has 0 bridgehead atoms. The molecule has 0 spiro atoms. The zero-order valence-electron chi connectivity index (χ0n) is 25.6. The van der Waals surface area contributed by atoms with E-state index in [0.29, 0.717) is 35.9 Å². The Hall–Kier alpha value is -5.24. The summed E-state index contributed by atoms with van der Waals surface area (Å²) in [5.41, 5.74) is 3.12. The number of carbonyl (C=O) groups is 1. The summed E-state index contributed by atoms with van der Waals surface area (Å²) in [4.78, 5) is 25.8. The lowest BCUT2D eigenvalue weighted by Crippen LogP contribution is -2.44. The molecule has 2 aromatic heterocycles. The predicted molar refractivity (Wildman–Crippen MR) is 167 cm³/mol. The van der Waals surface area contributed by atoms with Crippen molar-refractivity contribution in [3.63, 3.8) is 0 Å². The van der Waals surface area contributed by atoms with Crippen molar-refractivity contribution in [1.29, 1.82) is 5.26 Å². The number of nitriles is 1. The maximum atomic E-state index is 14.0. The van der Waals surface area contributed by atoms with Crippen LogP contribution in [0.15, 0.2) is 55.0 Å². The SMILES string of the molecule is Cc1ccc(C(=O)Nc2ccc(CN3CCN(C)CC3)c(C(F)(F)F)c2)cc1C#Cc1cnc(Nc2cnn(CC#N)c2C)nc1. The number of rotatable bonds is 7. The Bertz CT molecular complexity index is 1820. The smallest absolute Gasteiger partial charge is 0.322 e. The van der Waals surface area contributed by atoms with E-state index in [1.165, 1.54) is 12.1 Å². The highest BCUT2D eigenvalue weighted by atomic mass is 19.4. The number of nitrogens with one attached hydrogen (secondary N) is 2. The first-order chi connectivity index (χ1) is 22.0. The molecule has 1 amide bonds. The van der Waals surface area contributed by atoms with Crippen LogP contribution < -0.4 is 10.6 Å². The first kappa shape index (κ1) is 32.2. The highest BCUT2D eigenvalue weighted by molar-refractivity contribution is 6.04. The van der Waals surface area contributed by atoms with E-state index in [4.69, 9.17) is 5.26 Å². The van der Waals surface area contributed by atoms with Gasteiger partial charge in [0.1, 0.15) is 6.54 Å². The second kappa shape index (κ2) is 13.8. The van der Waals surface area contributed by atoms with Gasteiger partial charge in [-0.1, -0.05) is 24.0 Å². The molecule has 10 nitrogen and oxygen atoms in total. The van der Waals surface area contributed by atoms with Crippen LogP contribution in [-0.2, 0) is 19.3 Å². The van der Waals surface area contributed by atoms with Gasteiger partial charge >= 0.3 is 6.18 Å². The molecule has 0 aliphatic carbocycles. The lowest BCUT2D eigenvalue weighted by atomic mass is 10.0. The maximum absolute atomic E-state index is 14.0. The Morgan fingerprint density at radius 3 is 2.43 bits per heavy atom. The van der Waals surface area contributed by atoms with Crippen LogP contribution in [0.5, 0.6) is 0 Å². The van der Waals surface area contributed by atoms with Crippen molar-refractivity contribution in [3.05, 3.63) is 94.1 Å². The quantitative estimate of drug-likeness (QED) is 0.276. The largest absolute Gasteiger partial charge is 0.416 e. The van der Waals surface area contributed by atoms with E-state index in [-0.39, 0.29) is 29.9 Å². The molecule has 0 unspecified atom stereocenters. The van der Waals surface area contributed by atoms with Gasteiger partial charge in [0.2, 0.25) is 5.95 Å². The number of carbonyl (C=O) groups excluding carboxylic acids is 1. The Morgan fingerprint density at radius 2 is 1.74 bits per heavy atom. The number of likely N-dealkylation sites (N-methyl/N-ethyl adjacent to an activating group) is 1. The molecule has 1 saturated heterocycles. The van der Waals surface area contributed by atoms with Crippen LogP contribution >= 0.6 is 0 Å². The summed E-state index contributed by atoms with van der Waals surface area (Å²) < 4.78 is 43.6. The Morgan fingerprint density at radius 1 is 1.00 bits per heavy atom. The van der Waals surface area contributed by atoms with Gasteiger partial charge in [0.25, 0.3) is 5.91 Å². The summed E-state index contributed by atoms with van der Waals surface area (Å²) >= 11 is 0. The highest BCUT2D eigenvalue weighted by Gasteiger charge is 2.34. The van der Waals surface area contributed by atoms with Gasteiger partial charge in [0.15, 0.2) is 0 Å². The second-order valence-corrected chi connectivity index (χ2v) is 11.1. The first-order valence-electron chi connectivity index (χ1n) is 14.5. The van der Waals surface area contributed by atoms with Gasteiger partial charge in [-0.2, -0.15) is 23.5 Å². The van der Waals surface area contributed by atoms with Crippen molar-refractivity contribution in [3.8, 4) is 17.9 Å². The van der Waals surface area contributed by atoms with Gasteiger partial charge in [-0.25, -0.2) is 9.97 Å². The summed E-state index contributed by atoms with van der Waals surface area (Å²) in [6.45, 7) is 6.99. The number of piperazine rings is 1. The van der Waals surface area contributed by atoms with Crippen molar-refractivity contribution < 1.29 is 18.0 Å². The minimum atomic E-state index is -4.56. The monoisotopic (exact) mass is 627 g/mol. The maximum Gasteiger partial charge on any atom is 0.416 e. The topological polar surface area (TPSA) is 115 Å². The first-order valence-corrected chi connectivity index (χ1v) is 14.5. The molecule has 1 aliphatic rings. The molecule has 0 saturated carbocycles. The van der Waals surface area contributed by atoms with E-state index >= 15 is 0 Å². The number of nitrogens with zero attached hydrogens (tertiary/aromatic N) is 7. The number of benzene rings is 2. The molecule has 5 rings (SSSR count). The van der Waals surface area contributed by atoms with Crippen LogP contribution in [0.3, 0.4) is 0 Å². The normalized spacial score (nSPS) is 13.8. The van der Waals surface area contributed by atoms with Crippen LogP contribution in [0.4, 0.5) is 30.5 Å². The number of aryl methyl sites for hydroxylation is 1. The minimum absolute atomic E-state index is 0.0612. The molecule has 3 heterocycles. The summed E-state index contributed by atoms with van der Waals surface area (Å²) in [7, 11) is 1.99. The van der Waals surface area contributed by atoms with Crippen LogP contribution in [0.25, 0.3) is 0 Å². The zero-order valence-corrected chi connectivity index (χ0v) is 25.6. The highest BCUT2D eigenvalue weighted by Crippen LogP contribution is 2.35. The minimum Gasteiger partial charge on any atom is -0.322 e. The van der Waals surface area contributed by atoms with Crippen LogP contribution in [0.2, 0.25) is 0 Å². The summed E-state index contributed by atoms with van der Waals surface area (Å²) in [5, 5.41) is 18.7. The summed E-state index contributed by atoms with van der Waals surface area (Å²) in [6.07, 6.45) is 0.132. The second-order valence-electron chi connectivity index (χ2n) is 11.1. The van der Waals surface area contributed by atoms with E-state index in [1.54, 1.807) is 41.5 Å². The van der Waals surface area contributed by atoms with Crippen molar-refractivity contribution in [2.75, 3.05) is 43.9 Å². The van der Waals surface area contributed by atoms with E-state index in [9.17, 15) is 18.0 Å². The third-order valence-electron chi connectivity index (χ3n) is 7.73. The third kappa shape index (κ3) is 7.88. The molecule has 0 radical (unpaired) electrons. The van der Waals surface area contributed by atoms with Gasteiger partial charge in [0.05, 0.1) is 34.8 Å². The van der Waals surface area contributed by atoms with Crippen molar-refractivity contribution in [1.82, 2.24) is 29.5 Å². The molecule has 1 aliphatic heterocycles. The van der Waals surface area contributed by atoms with Gasteiger partial charge < -0.3 is 15.5 Å². The average Bonchev–Trinajstić information content (AvgIpc) is 3.37. The Kier molecular flexibility index (Phi) is 9.66. The van der Waals surface area contributed by atoms with E-state index in [0.717, 1.165) is 30.4 Å². The van der Waals surface area contributed by atoms with Crippen LogP contribution in [-0.4, -0.2) is 68.7 Å². The molecule has 0 atom stereocenters. The van der Waals surface area contributed by atoms with Crippen LogP contribution in [0.1, 0.15) is 43.9 Å². The van der Waals surface area contributed by atoms with Gasteiger partial charge in [-0.05, 0) is 56.3 Å². The van der Waals surface area contributed by atoms with Crippen molar-refractivity contribution >= 4 is 23.2 Å². The van der Waals surface area contributed by atoms with Crippen molar-refractivity contribution in [2.45, 2.75) is 33.1 Å². The molecule has 2 N–H and O–H groups in total. The number of anilines is 3. The predicted octanol–water partition coefficient (Wildman–Crippen LogP) is 4.98. The molecule has 236 valence electrons. The summed E-state index contributed by atoms with van der Waals surface area (Å²) in [5.74, 6) is 5.81. The Labute approximate surface area is 264 Å². The lowest BCUT2D eigenvalue weighted by Gasteiger charge is -2.33. The molecule has 4 aromatic rings.